The summed E-state index contributed by atoms with van der Waals surface area (Å²) in [6, 6.07) is 16.7. The molecule has 6 nitrogen and oxygen atoms in total. The summed E-state index contributed by atoms with van der Waals surface area (Å²) in [6.07, 6.45) is -0.774. The molecule has 1 aliphatic rings. The molecule has 1 saturated heterocycles. The van der Waals surface area contributed by atoms with Crippen molar-refractivity contribution in [2.24, 2.45) is 0 Å². The molecule has 1 heterocycles. The van der Waals surface area contributed by atoms with Crippen LogP contribution in [0.1, 0.15) is 24.2 Å². The number of halogens is 1. The van der Waals surface area contributed by atoms with Gasteiger partial charge in [-0.2, -0.15) is 4.31 Å². The van der Waals surface area contributed by atoms with Crippen molar-refractivity contribution in [3.63, 3.8) is 0 Å². The number of ether oxygens (including phenoxy) is 1. The molecule has 0 saturated carbocycles. The standard InChI is InChI=1S/C22H29ClN2O4S/c1-18(20-7-9-21(23)10-8-20)29-16-22(26)15-24-11-13-25(14-12-24)30(27,28)17-19-5-3-2-4-6-19/h2-10,18,22,26H,11-17H2,1H3/t18-,22+/m0/s1. The lowest BCUT2D eigenvalue weighted by atomic mass is 10.1. The van der Waals surface area contributed by atoms with Gasteiger partial charge in [-0.05, 0) is 30.2 Å². The smallest absolute Gasteiger partial charge is 0.218 e. The molecule has 2 aromatic rings. The third-order valence-corrected chi connectivity index (χ3v) is 7.37. The van der Waals surface area contributed by atoms with E-state index < -0.39 is 16.1 Å². The van der Waals surface area contributed by atoms with Crippen LogP contribution in [-0.2, 0) is 20.5 Å². The van der Waals surface area contributed by atoms with Crippen molar-refractivity contribution in [2.75, 3.05) is 39.3 Å². The van der Waals surface area contributed by atoms with Gasteiger partial charge in [0.15, 0.2) is 0 Å². The van der Waals surface area contributed by atoms with Crippen molar-refractivity contribution >= 4 is 21.6 Å². The Bertz CT molecular complexity index is 885. The summed E-state index contributed by atoms with van der Waals surface area (Å²) in [7, 11) is -3.33. The van der Waals surface area contributed by atoms with E-state index in [1.165, 1.54) is 0 Å². The molecule has 0 radical (unpaired) electrons. The Morgan fingerprint density at radius 1 is 1.03 bits per heavy atom. The SMILES string of the molecule is C[C@H](OC[C@H](O)CN1CCN(S(=O)(=O)Cc2ccccc2)CC1)c1ccc(Cl)cc1. The van der Waals surface area contributed by atoms with E-state index in [0.29, 0.717) is 37.7 Å². The number of sulfonamides is 1. The molecular formula is C22H29ClN2O4S. The van der Waals surface area contributed by atoms with Crippen molar-refractivity contribution < 1.29 is 18.3 Å². The first-order chi connectivity index (χ1) is 14.3. The molecule has 2 atom stereocenters. The van der Waals surface area contributed by atoms with Crippen molar-refractivity contribution in [1.82, 2.24) is 9.21 Å². The topological polar surface area (TPSA) is 70.1 Å². The molecule has 8 heteroatoms. The highest BCUT2D eigenvalue weighted by molar-refractivity contribution is 7.88. The zero-order chi connectivity index (χ0) is 21.6. The summed E-state index contributed by atoms with van der Waals surface area (Å²) in [5.41, 5.74) is 1.80. The third kappa shape index (κ3) is 6.77. The van der Waals surface area contributed by atoms with Crippen molar-refractivity contribution in [1.29, 1.82) is 0 Å². The van der Waals surface area contributed by atoms with Crippen LogP contribution in [0.15, 0.2) is 54.6 Å². The van der Waals surface area contributed by atoms with Gasteiger partial charge in [-0.1, -0.05) is 54.1 Å². The van der Waals surface area contributed by atoms with Crippen LogP contribution >= 0.6 is 11.6 Å². The first-order valence-electron chi connectivity index (χ1n) is 10.1. The fourth-order valence-electron chi connectivity index (χ4n) is 3.50. The van der Waals surface area contributed by atoms with E-state index in [0.717, 1.165) is 11.1 Å². The highest BCUT2D eigenvalue weighted by Gasteiger charge is 2.27. The lowest BCUT2D eigenvalue weighted by Crippen LogP contribution is -2.51. The van der Waals surface area contributed by atoms with Gasteiger partial charge in [0, 0.05) is 37.7 Å². The largest absolute Gasteiger partial charge is 0.389 e. The van der Waals surface area contributed by atoms with Gasteiger partial charge < -0.3 is 9.84 Å². The van der Waals surface area contributed by atoms with Crippen LogP contribution in [0.2, 0.25) is 5.02 Å². The summed E-state index contributed by atoms with van der Waals surface area (Å²) in [4.78, 5) is 2.08. The number of aliphatic hydroxyl groups excluding tert-OH is 1. The Kier molecular flexibility index (Phi) is 8.27. The van der Waals surface area contributed by atoms with E-state index in [1.807, 2.05) is 61.5 Å². The van der Waals surface area contributed by atoms with Crippen molar-refractivity contribution in [2.45, 2.75) is 24.9 Å². The van der Waals surface area contributed by atoms with Crippen LogP contribution < -0.4 is 0 Å². The highest BCUT2D eigenvalue weighted by atomic mass is 35.5. The first kappa shape index (κ1) is 23.2. The van der Waals surface area contributed by atoms with Gasteiger partial charge in [0.05, 0.1) is 24.6 Å². The number of rotatable bonds is 9. The van der Waals surface area contributed by atoms with Gasteiger partial charge in [-0.3, -0.25) is 4.90 Å². The molecule has 0 aliphatic carbocycles. The number of piperazine rings is 1. The van der Waals surface area contributed by atoms with Crippen molar-refractivity contribution in [3.8, 4) is 0 Å². The molecular weight excluding hydrogens is 424 g/mol. The second kappa shape index (κ2) is 10.7. The normalized spacial score (nSPS) is 18.2. The fourth-order valence-corrected chi connectivity index (χ4v) is 5.14. The Balaban J connectivity index is 1.41. The number of β-amino-alcohol motifs (C(OH)–C–C–N with tert-alkyl or cyclic N) is 1. The summed E-state index contributed by atoms with van der Waals surface area (Å²) in [5.74, 6) is 0.0207. The van der Waals surface area contributed by atoms with E-state index in [9.17, 15) is 13.5 Å². The van der Waals surface area contributed by atoms with Crippen LogP contribution in [0.3, 0.4) is 0 Å². The molecule has 0 spiro atoms. The summed E-state index contributed by atoms with van der Waals surface area (Å²) in [6.45, 7) is 4.67. The Labute approximate surface area is 184 Å². The predicted molar refractivity (Wildman–Crippen MR) is 119 cm³/mol. The minimum absolute atomic E-state index is 0.0207. The average molecular weight is 453 g/mol. The summed E-state index contributed by atoms with van der Waals surface area (Å²) >= 11 is 5.90. The van der Waals surface area contributed by atoms with Crippen LogP contribution in [0, 0.1) is 0 Å². The Hall–Kier alpha value is -1.48. The van der Waals surface area contributed by atoms with E-state index in [-0.39, 0.29) is 18.5 Å². The molecule has 1 N–H and O–H groups in total. The molecule has 164 valence electrons. The fraction of sp³-hybridized carbons (Fsp3) is 0.455. The van der Waals surface area contributed by atoms with Gasteiger partial charge in [0.1, 0.15) is 0 Å². The lowest BCUT2D eigenvalue weighted by Gasteiger charge is -2.35. The van der Waals surface area contributed by atoms with Gasteiger partial charge >= 0.3 is 0 Å². The highest BCUT2D eigenvalue weighted by Crippen LogP contribution is 2.19. The molecule has 1 fully saturated rings. The minimum Gasteiger partial charge on any atom is -0.389 e. The molecule has 0 amide bonds. The van der Waals surface area contributed by atoms with Crippen LogP contribution in [0.4, 0.5) is 0 Å². The lowest BCUT2D eigenvalue weighted by molar-refractivity contribution is -0.0186. The van der Waals surface area contributed by atoms with Crippen LogP contribution in [0.5, 0.6) is 0 Å². The minimum atomic E-state index is -3.33. The average Bonchev–Trinajstić information content (AvgIpc) is 2.73. The van der Waals surface area contributed by atoms with Crippen LogP contribution in [-0.4, -0.2) is 68.2 Å². The summed E-state index contributed by atoms with van der Waals surface area (Å²) < 4.78 is 32.6. The van der Waals surface area contributed by atoms with E-state index in [4.69, 9.17) is 16.3 Å². The van der Waals surface area contributed by atoms with Gasteiger partial charge in [0.2, 0.25) is 10.0 Å². The number of benzene rings is 2. The van der Waals surface area contributed by atoms with Crippen molar-refractivity contribution in [3.05, 3.63) is 70.7 Å². The summed E-state index contributed by atoms with van der Waals surface area (Å²) in [5, 5.41) is 11.0. The molecule has 0 unspecified atom stereocenters. The molecule has 2 aromatic carbocycles. The van der Waals surface area contributed by atoms with Gasteiger partial charge in [-0.25, -0.2) is 8.42 Å². The maximum Gasteiger partial charge on any atom is 0.218 e. The molecule has 1 aliphatic heterocycles. The number of hydrogen-bond acceptors (Lipinski definition) is 5. The van der Waals surface area contributed by atoms with E-state index in [1.54, 1.807) is 4.31 Å². The monoisotopic (exact) mass is 452 g/mol. The second-order valence-electron chi connectivity index (χ2n) is 7.62. The quantitative estimate of drug-likeness (QED) is 0.633. The zero-order valence-corrected chi connectivity index (χ0v) is 18.7. The van der Waals surface area contributed by atoms with Gasteiger partial charge in [-0.15, -0.1) is 0 Å². The number of aliphatic hydroxyl groups is 1. The number of nitrogens with zero attached hydrogens (tertiary/aromatic N) is 2. The molecule has 0 aromatic heterocycles. The molecule has 3 rings (SSSR count). The zero-order valence-electron chi connectivity index (χ0n) is 17.2. The first-order valence-corrected chi connectivity index (χ1v) is 12.1. The number of hydrogen-bond donors (Lipinski definition) is 1. The Morgan fingerprint density at radius 3 is 2.30 bits per heavy atom. The Morgan fingerprint density at radius 2 is 1.67 bits per heavy atom. The molecule has 30 heavy (non-hydrogen) atoms. The predicted octanol–water partition coefficient (Wildman–Crippen LogP) is 2.93. The molecule has 0 bridgehead atoms. The van der Waals surface area contributed by atoms with E-state index in [2.05, 4.69) is 4.90 Å². The second-order valence-corrected chi connectivity index (χ2v) is 10.0. The van der Waals surface area contributed by atoms with Crippen LogP contribution in [0.25, 0.3) is 0 Å². The van der Waals surface area contributed by atoms with Gasteiger partial charge in [0.25, 0.3) is 0 Å². The van der Waals surface area contributed by atoms with E-state index >= 15 is 0 Å². The maximum atomic E-state index is 12.6. The maximum absolute atomic E-state index is 12.6. The third-order valence-electron chi connectivity index (χ3n) is 5.26.